The van der Waals surface area contributed by atoms with Gasteiger partial charge in [0.15, 0.2) is 9.84 Å². The van der Waals surface area contributed by atoms with E-state index in [2.05, 4.69) is 5.16 Å². The third kappa shape index (κ3) is 3.20. The van der Waals surface area contributed by atoms with Gasteiger partial charge in [-0.3, -0.25) is 0 Å². The Hall–Kier alpha value is -1.57. The van der Waals surface area contributed by atoms with Crippen LogP contribution in [0.1, 0.15) is 21.8 Å². The Labute approximate surface area is 130 Å². The molecule has 0 aliphatic carbocycles. The van der Waals surface area contributed by atoms with Crippen LogP contribution in [-0.2, 0) is 15.6 Å². The van der Waals surface area contributed by atoms with E-state index in [-0.39, 0.29) is 15.6 Å². The first-order valence-electron chi connectivity index (χ1n) is 5.58. The van der Waals surface area contributed by atoms with Gasteiger partial charge in [0, 0.05) is 6.07 Å². The van der Waals surface area contributed by atoms with Gasteiger partial charge >= 0.3 is 5.97 Å². The van der Waals surface area contributed by atoms with E-state index in [4.69, 9.17) is 32.8 Å². The fourth-order valence-electron chi connectivity index (χ4n) is 1.73. The largest absolute Gasteiger partial charge is 0.478 e. The molecule has 112 valence electrons. The van der Waals surface area contributed by atoms with Gasteiger partial charge in [-0.2, -0.15) is 0 Å². The first-order valence-corrected chi connectivity index (χ1v) is 7.99. The molecule has 0 unspecified atom stereocenters. The zero-order valence-electron chi connectivity index (χ0n) is 10.6. The maximum atomic E-state index is 12.3. The van der Waals surface area contributed by atoms with Crippen LogP contribution >= 0.6 is 23.2 Å². The van der Waals surface area contributed by atoms with Crippen molar-refractivity contribution in [2.45, 2.75) is 17.6 Å². The van der Waals surface area contributed by atoms with Gasteiger partial charge in [-0.25, -0.2) is 13.2 Å². The summed E-state index contributed by atoms with van der Waals surface area (Å²) in [6.45, 7) is 1.63. The number of rotatable bonds is 4. The Morgan fingerprint density at radius 2 is 2.05 bits per heavy atom. The minimum absolute atomic E-state index is 0.135. The van der Waals surface area contributed by atoms with Crippen LogP contribution in [-0.4, -0.2) is 24.7 Å². The SMILES string of the molecule is Cc1cc(CS(=O)(=O)c2ccc(Cl)c(C(=O)O)c2Cl)no1. The van der Waals surface area contributed by atoms with Gasteiger partial charge in [0.1, 0.15) is 11.5 Å². The summed E-state index contributed by atoms with van der Waals surface area (Å²) in [7, 11) is -3.88. The molecule has 1 N–H and O–H groups in total. The standard InChI is InChI=1S/C12H9Cl2NO5S/c1-6-4-7(15-20-6)5-21(18,19)9-3-2-8(13)10(11(9)14)12(16)17/h2-4H,5H2,1H3,(H,16,17). The van der Waals surface area contributed by atoms with Crippen molar-refractivity contribution in [3.63, 3.8) is 0 Å². The normalized spacial score (nSPS) is 11.6. The number of carbonyl (C=O) groups is 1. The lowest BCUT2D eigenvalue weighted by atomic mass is 10.2. The number of benzene rings is 1. The van der Waals surface area contributed by atoms with Crippen LogP contribution in [0.25, 0.3) is 0 Å². The van der Waals surface area contributed by atoms with Crippen molar-refractivity contribution in [2.75, 3.05) is 0 Å². The second-order valence-corrected chi connectivity index (χ2v) is 6.97. The average molecular weight is 350 g/mol. The Bertz CT molecular complexity index is 813. The molecule has 1 aromatic carbocycles. The number of aromatic nitrogens is 1. The molecule has 0 saturated carbocycles. The highest BCUT2D eigenvalue weighted by Crippen LogP contribution is 2.32. The highest BCUT2D eigenvalue weighted by molar-refractivity contribution is 7.90. The van der Waals surface area contributed by atoms with Crippen LogP contribution in [0.3, 0.4) is 0 Å². The van der Waals surface area contributed by atoms with E-state index in [1.165, 1.54) is 18.2 Å². The lowest BCUT2D eigenvalue weighted by Gasteiger charge is -2.08. The van der Waals surface area contributed by atoms with E-state index in [0.717, 1.165) is 0 Å². The number of aromatic carboxylic acids is 1. The highest BCUT2D eigenvalue weighted by Gasteiger charge is 2.26. The fourth-order valence-corrected chi connectivity index (χ4v) is 3.94. The minimum atomic E-state index is -3.88. The molecule has 1 aromatic heterocycles. The number of hydrogen-bond acceptors (Lipinski definition) is 5. The van der Waals surface area contributed by atoms with Crippen LogP contribution in [0.5, 0.6) is 0 Å². The van der Waals surface area contributed by atoms with Crippen molar-refractivity contribution in [1.29, 1.82) is 0 Å². The molecule has 0 radical (unpaired) electrons. The van der Waals surface area contributed by atoms with E-state index >= 15 is 0 Å². The van der Waals surface area contributed by atoms with E-state index in [1.54, 1.807) is 6.92 Å². The van der Waals surface area contributed by atoms with Crippen LogP contribution in [0, 0.1) is 6.92 Å². The van der Waals surface area contributed by atoms with Crippen LogP contribution in [0.15, 0.2) is 27.6 Å². The quantitative estimate of drug-likeness (QED) is 0.910. The molecule has 0 aliphatic heterocycles. The zero-order valence-corrected chi connectivity index (χ0v) is 13.0. The lowest BCUT2D eigenvalue weighted by molar-refractivity contribution is 0.0697. The summed E-state index contributed by atoms with van der Waals surface area (Å²) >= 11 is 11.6. The Balaban J connectivity index is 2.50. The predicted molar refractivity (Wildman–Crippen MR) is 75.6 cm³/mol. The first kappa shape index (κ1) is 15.8. The van der Waals surface area contributed by atoms with Gasteiger partial charge in [-0.15, -0.1) is 0 Å². The predicted octanol–water partition coefficient (Wildman–Crippen LogP) is 2.96. The summed E-state index contributed by atoms with van der Waals surface area (Å²) < 4.78 is 29.4. The minimum Gasteiger partial charge on any atom is -0.478 e. The van der Waals surface area contributed by atoms with E-state index in [9.17, 15) is 13.2 Å². The number of sulfone groups is 1. The summed E-state index contributed by atoms with van der Waals surface area (Å²) in [5.41, 5.74) is -0.244. The molecule has 0 fully saturated rings. The Morgan fingerprint density at radius 3 is 2.57 bits per heavy atom. The zero-order chi connectivity index (χ0) is 15.8. The molecule has 2 rings (SSSR count). The molecule has 9 heteroatoms. The van der Waals surface area contributed by atoms with Gasteiger partial charge in [-0.05, 0) is 19.1 Å². The first-order chi connectivity index (χ1) is 9.72. The van der Waals surface area contributed by atoms with Crippen molar-refractivity contribution in [3.05, 3.63) is 45.3 Å². The molecule has 0 saturated heterocycles. The van der Waals surface area contributed by atoms with Crippen LogP contribution < -0.4 is 0 Å². The number of nitrogens with zero attached hydrogens (tertiary/aromatic N) is 1. The van der Waals surface area contributed by atoms with Crippen molar-refractivity contribution in [1.82, 2.24) is 5.16 Å². The van der Waals surface area contributed by atoms with Gasteiger partial charge < -0.3 is 9.63 Å². The Morgan fingerprint density at radius 1 is 1.38 bits per heavy atom. The number of aryl methyl sites for hydroxylation is 1. The second-order valence-electron chi connectivity index (χ2n) is 4.23. The van der Waals surface area contributed by atoms with Gasteiger partial charge in [-0.1, -0.05) is 28.4 Å². The molecule has 0 spiro atoms. The number of carboxylic acid groups (broad SMARTS) is 1. The number of hydrogen-bond donors (Lipinski definition) is 1. The molecule has 21 heavy (non-hydrogen) atoms. The van der Waals surface area contributed by atoms with E-state index < -0.39 is 32.1 Å². The molecular weight excluding hydrogens is 341 g/mol. The third-order valence-corrected chi connectivity index (χ3v) is 5.13. The summed E-state index contributed by atoms with van der Waals surface area (Å²) in [6, 6.07) is 3.82. The van der Waals surface area contributed by atoms with Crippen molar-refractivity contribution >= 4 is 39.0 Å². The average Bonchev–Trinajstić information content (AvgIpc) is 2.72. The molecule has 0 aliphatic rings. The number of halogens is 2. The second kappa shape index (κ2) is 5.67. The molecule has 6 nitrogen and oxygen atoms in total. The molecule has 0 atom stereocenters. The van der Waals surface area contributed by atoms with E-state index in [0.29, 0.717) is 5.76 Å². The number of carboxylic acids is 1. The lowest BCUT2D eigenvalue weighted by Crippen LogP contribution is -2.09. The summed E-state index contributed by atoms with van der Waals surface area (Å²) in [5, 5.41) is 12.1. The molecule has 0 bridgehead atoms. The summed E-state index contributed by atoms with van der Waals surface area (Å²) in [4.78, 5) is 10.8. The Kier molecular flexibility index (Phi) is 4.27. The van der Waals surface area contributed by atoms with Crippen molar-refractivity contribution in [2.24, 2.45) is 0 Å². The fraction of sp³-hybridized carbons (Fsp3) is 0.167. The van der Waals surface area contributed by atoms with E-state index in [1.807, 2.05) is 0 Å². The van der Waals surface area contributed by atoms with Gasteiger partial charge in [0.05, 0.1) is 26.2 Å². The third-order valence-electron chi connectivity index (χ3n) is 2.62. The maximum absolute atomic E-state index is 12.3. The van der Waals surface area contributed by atoms with Crippen molar-refractivity contribution < 1.29 is 22.8 Å². The summed E-state index contributed by atoms with van der Waals surface area (Å²) in [6.07, 6.45) is 0. The maximum Gasteiger partial charge on any atom is 0.338 e. The highest BCUT2D eigenvalue weighted by atomic mass is 35.5. The molecule has 1 heterocycles. The molecule has 2 aromatic rings. The summed E-state index contributed by atoms with van der Waals surface area (Å²) in [5.74, 6) is -1.39. The topological polar surface area (TPSA) is 97.5 Å². The molecular formula is C12H9Cl2NO5S. The van der Waals surface area contributed by atoms with Crippen LogP contribution in [0.4, 0.5) is 0 Å². The van der Waals surface area contributed by atoms with Crippen LogP contribution in [0.2, 0.25) is 10.0 Å². The monoisotopic (exact) mass is 349 g/mol. The van der Waals surface area contributed by atoms with Gasteiger partial charge in [0.25, 0.3) is 0 Å². The smallest absolute Gasteiger partial charge is 0.338 e. The van der Waals surface area contributed by atoms with Crippen molar-refractivity contribution in [3.8, 4) is 0 Å². The van der Waals surface area contributed by atoms with Gasteiger partial charge in [0.2, 0.25) is 0 Å². The molecule has 0 amide bonds.